The van der Waals surface area contributed by atoms with Crippen LogP contribution in [0.2, 0.25) is 0 Å². The molecule has 3 aliphatic rings. The van der Waals surface area contributed by atoms with Gasteiger partial charge in [0.1, 0.15) is 23.4 Å². The molecule has 1 unspecified atom stereocenters. The Morgan fingerprint density at radius 1 is 1.12 bits per heavy atom. The maximum absolute atomic E-state index is 14.1. The van der Waals surface area contributed by atoms with E-state index in [1.54, 1.807) is 4.90 Å². The van der Waals surface area contributed by atoms with E-state index in [0.717, 1.165) is 38.6 Å². The SMILES string of the molecule is COC(=O)COC(=O)OCOc1c2n(cc(C(=O)NCc3ccc(F)cc3F)c1=O)C[C@@H]1N(CC3CCCN31)C2=O. The number of methoxy groups -OCH3 is 1. The Bertz CT molecular complexity index is 1460. The van der Waals surface area contributed by atoms with E-state index in [1.165, 1.54) is 10.8 Å². The first-order chi connectivity index (χ1) is 19.7. The van der Waals surface area contributed by atoms with Crippen LogP contribution in [0.3, 0.4) is 0 Å². The van der Waals surface area contributed by atoms with Gasteiger partial charge in [0, 0.05) is 43.5 Å². The van der Waals surface area contributed by atoms with Crippen LogP contribution in [0.4, 0.5) is 13.6 Å². The van der Waals surface area contributed by atoms with Crippen molar-refractivity contribution in [1.29, 1.82) is 0 Å². The average Bonchev–Trinajstić information content (AvgIpc) is 3.54. The molecule has 2 aromatic rings. The third-order valence-electron chi connectivity index (χ3n) is 7.25. The number of amides is 2. The van der Waals surface area contributed by atoms with Crippen molar-refractivity contribution in [3.05, 3.63) is 63.1 Å². The number of rotatable bonds is 8. The van der Waals surface area contributed by atoms with Gasteiger partial charge in [0.2, 0.25) is 18.0 Å². The van der Waals surface area contributed by atoms with Gasteiger partial charge in [-0.25, -0.2) is 18.4 Å². The van der Waals surface area contributed by atoms with Gasteiger partial charge in [-0.15, -0.1) is 0 Å². The molecule has 2 amide bonds. The second kappa shape index (κ2) is 11.5. The van der Waals surface area contributed by atoms with E-state index in [0.29, 0.717) is 12.6 Å². The molecule has 13 nitrogen and oxygen atoms in total. The van der Waals surface area contributed by atoms with Crippen LogP contribution in [0.25, 0.3) is 0 Å². The molecule has 1 aromatic heterocycles. The normalized spacial score (nSPS) is 19.2. The number of ether oxygens (including phenoxy) is 4. The average molecular weight is 577 g/mol. The number of nitrogens with one attached hydrogen (secondary N) is 1. The summed E-state index contributed by atoms with van der Waals surface area (Å²) in [6.45, 7) is -0.426. The minimum Gasteiger partial charge on any atom is -0.466 e. The highest BCUT2D eigenvalue weighted by Gasteiger charge is 2.48. The molecule has 218 valence electrons. The zero-order chi connectivity index (χ0) is 29.3. The molecule has 4 heterocycles. The summed E-state index contributed by atoms with van der Waals surface area (Å²) in [4.78, 5) is 66.9. The standard InChI is InChI=1S/C26H26F2N4O9/c1-38-20(33)12-39-26(37)41-13-40-23-21-25(36)32-9-16-3-2-6-31(16)19(32)11-30(21)10-17(22(23)34)24(35)29-8-14-4-5-15(27)7-18(14)28/h4-5,7,10,16,19H,2-3,6,8-9,11-13H2,1H3,(H,29,35)/t16?,19-/m0/s1. The third kappa shape index (κ3) is 5.57. The van der Waals surface area contributed by atoms with E-state index in [2.05, 4.69) is 19.7 Å². The summed E-state index contributed by atoms with van der Waals surface area (Å²) in [5, 5.41) is 2.43. The van der Waals surface area contributed by atoms with Crippen LogP contribution >= 0.6 is 0 Å². The lowest BCUT2D eigenvalue weighted by molar-refractivity contribution is -0.145. The number of hydrogen-bond donors (Lipinski definition) is 1. The maximum atomic E-state index is 14.1. The number of hydrogen-bond acceptors (Lipinski definition) is 10. The van der Waals surface area contributed by atoms with Gasteiger partial charge in [-0.1, -0.05) is 6.07 Å². The topological polar surface area (TPSA) is 146 Å². The number of aromatic nitrogens is 1. The molecule has 0 bridgehead atoms. The van der Waals surface area contributed by atoms with Crippen molar-refractivity contribution in [3.63, 3.8) is 0 Å². The minimum atomic E-state index is -1.30. The smallest absolute Gasteiger partial charge is 0.466 e. The van der Waals surface area contributed by atoms with E-state index in [9.17, 15) is 32.8 Å². The van der Waals surface area contributed by atoms with Crippen LogP contribution in [0.5, 0.6) is 5.75 Å². The van der Waals surface area contributed by atoms with Crippen molar-refractivity contribution in [1.82, 2.24) is 19.7 Å². The molecular weight excluding hydrogens is 550 g/mol. The largest absolute Gasteiger partial charge is 0.511 e. The molecule has 0 spiro atoms. The number of nitrogens with zero attached hydrogens (tertiary/aromatic N) is 3. The first-order valence-electron chi connectivity index (χ1n) is 12.7. The molecule has 1 aromatic carbocycles. The van der Waals surface area contributed by atoms with Crippen molar-refractivity contribution in [2.24, 2.45) is 0 Å². The van der Waals surface area contributed by atoms with Crippen molar-refractivity contribution in [2.45, 2.75) is 38.1 Å². The highest BCUT2D eigenvalue weighted by atomic mass is 19.1. The lowest BCUT2D eigenvalue weighted by atomic mass is 10.1. The molecular formula is C26H26F2N4O9. The summed E-state index contributed by atoms with van der Waals surface area (Å²) >= 11 is 0. The summed E-state index contributed by atoms with van der Waals surface area (Å²) in [5.41, 5.74) is -1.51. The van der Waals surface area contributed by atoms with Crippen LogP contribution in [-0.2, 0) is 32.1 Å². The number of carbonyl (C=O) groups is 4. The molecule has 0 aliphatic carbocycles. The number of carbonyl (C=O) groups excluding carboxylic acids is 4. The van der Waals surface area contributed by atoms with Gasteiger partial charge in [0.25, 0.3) is 11.8 Å². The highest BCUT2D eigenvalue weighted by molar-refractivity contribution is 5.99. The van der Waals surface area contributed by atoms with E-state index in [-0.39, 0.29) is 36.6 Å². The molecule has 15 heteroatoms. The fourth-order valence-corrected chi connectivity index (χ4v) is 5.30. The Kier molecular flexibility index (Phi) is 7.88. The zero-order valence-electron chi connectivity index (χ0n) is 21.9. The van der Waals surface area contributed by atoms with Gasteiger partial charge in [-0.3, -0.25) is 19.3 Å². The van der Waals surface area contributed by atoms with Gasteiger partial charge < -0.3 is 33.7 Å². The summed E-state index contributed by atoms with van der Waals surface area (Å²) in [7, 11) is 1.10. The summed E-state index contributed by atoms with van der Waals surface area (Å²) in [6, 6.07) is 3.04. The van der Waals surface area contributed by atoms with E-state index in [1.807, 2.05) is 0 Å². The molecule has 2 fully saturated rings. The molecule has 2 atom stereocenters. The van der Waals surface area contributed by atoms with E-state index in [4.69, 9.17) is 9.47 Å². The van der Waals surface area contributed by atoms with Crippen LogP contribution < -0.4 is 15.5 Å². The van der Waals surface area contributed by atoms with Crippen molar-refractivity contribution < 1.29 is 46.9 Å². The van der Waals surface area contributed by atoms with Crippen LogP contribution in [0.15, 0.2) is 29.2 Å². The van der Waals surface area contributed by atoms with Crippen LogP contribution in [0.1, 0.15) is 39.3 Å². The van der Waals surface area contributed by atoms with Crippen LogP contribution in [0, 0.1) is 11.6 Å². The van der Waals surface area contributed by atoms with Gasteiger partial charge in [-0.2, -0.15) is 0 Å². The van der Waals surface area contributed by atoms with Crippen LogP contribution in [-0.4, -0.2) is 84.1 Å². The predicted molar refractivity (Wildman–Crippen MR) is 133 cm³/mol. The van der Waals surface area contributed by atoms with Gasteiger partial charge >= 0.3 is 12.1 Å². The lowest BCUT2D eigenvalue weighted by Gasteiger charge is -2.36. The fourth-order valence-electron chi connectivity index (χ4n) is 5.30. The quantitative estimate of drug-likeness (QED) is 0.357. The number of benzene rings is 1. The fraction of sp³-hybridized carbons (Fsp3) is 0.423. The summed E-state index contributed by atoms with van der Waals surface area (Å²) in [5.74, 6) is -4.40. The van der Waals surface area contributed by atoms with Gasteiger partial charge in [0.05, 0.1) is 13.7 Å². The number of esters is 1. The first kappa shape index (κ1) is 28.0. The Hall–Kier alpha value is -4.53. The second-order valence-electron chi connectivity index (χ2n) is 9.61. The summed E-state index contributed by atoms with van der Waals surface area (Å²) < 4.78 is 47.8. The predicted octanol–water partition coefficient (Wildman–Crippen LogP) is 0.979. The molecule has 5 rings (SSSR count). The molecule has 0 radical (unpaired) electrons. The van der Waals surface area contributed by atoms with E-state index >= 15 is 0 Å². The lowest BCUT2D eigenvalue weighted by Crippen LogP contribution is -2.50. The van der Waals surface area contributed by atoms with E-state index < -0.39 is 65.7 Å². The Morgan fingerprint density at radius 2 is 1.93 bits per heavy atom. The van der Waals surface area contributed by atoms with Gasteiger partial charge in [-0.05, 0) is 18.9 Å². The molecule has 2 saturated heterocycles. The molecule has 3 aliphatic heterocycles. The minimum absolute atomic E-state index is 0.00926. The van der Waals surface area contributed by atoms with Crippen molar-refractivity contribution in [2.75, 3.05) is 33.6 Å². The Morgan fingerprint density at radius 3 is 2.68 bits per heavy atom. The number of halogens is 2. The molecule has 1 N–H and O–H groups in total. The number of fused-ring (bicyclic) bond motifs is 4. The zero-order valence-corrected chi connectivity index (χ0v) is 21.9. The highest BCUT2D eigenvalue weighted by Crippen LogP contribution is 2.35. The first-order valence-corrected chi connectivity index (χ1v) is 12.7. The van der Waals surface area contributed by atoms with Crippen molar-refractivity contribution >= 4 is 23.9 Å². The van der Waals surface area contributed by atoms with Crippen molar-refractivity contribution in [3.8, 4) is 5.75 Å². The summed E-state index contributed by atoms with van der Waals surface area (Å²) in [6.07, 6.45) is 1.57. The second-order valence-corrected chi connectivity index (χ2v) is 9.61. The Labute approximate surface area is 231 Å². The maximum Gasteiger partial charge on any atom is 0.511 e. The monoisotopic (exact) mass is 576 g/mol. The third-order valence-corrected chi connectivity index (χ3v) is 7.25. The Balaban J connectivity index is 1.40. The molecule has 41 heavy (non-hydrogen) atoms. The van der Waals surface area contributed by atoms with Gasteiger partial charge in [0.15, 0.2) is 12.3 Å². The number of pyridine rings is 1. The molecule has 0 saturated carbocycles.